The fraction of sp³-hybridized carbons (Fsp3) is 0.348. The summed E-state index contributed by atoms with van der Waals surface area (Å²) >= 11 is 6.17. The SMILES string of the molecule is Cc1cc(C#N)cc(C(=O)NC2(C)CS(=O)(=O)C2)c1NC(=O)C1CC(C(F)F)=NN1c1ncccc1Cl. The second-order valence-electron chi connectivity index (χ2n) is 9.13. The molecular weight excluding hydrogens is 530 g/mol. The number of hydrazone groups is 1. The van der Waals surface area contributed by atoms with Crippen LogP contribution in [-0.2, 0) is 14.6 Å². The Kier molecular flexibility index (Phi) is 6.91. The Morgan fingerprint density at radius 3 is 2.62 bits per heavy atom. The molecule has 2 N–H and O–H groups in total. The number of halogens is 3. The van der Waals surface area contributed by atoms with Crippen molar-refractivity contribution < 1.29 is 26.8 Å². The lowest BCUT2D eigenvalue weighted by Crippen LogP contribution is -2.63. The van der Waals surface area contributed by atoms with Gasteiger partial charge in [0.2, 0.25) is 5.91 Å². The third-order valence-corrected chi connectivity index (χ3v) is 8.34. The number of nitrogens with one attached hydrogen (secondary N) is 2. The fourth-order valence-electron chi connectivity index (χ4n) is 4.36. The van der Waals surface area contributed by atoms with Crippen molar-refractivity contribution >= 4 is 50.5 Å². The molecule has 0 bridgehead atoms. The molecule has 4 rings (SSSR count). The summed E-state index contributed by atoms with van der Waals surface area (Å²) < 4.78 is 50.3. The molecule has 10 nitrogen and oxygen atoms in total. The van der Waals surface area contributed by atoms with Crippen molar-refractivity contribution in [3.63, 3.8) is 0 Å². The molecule has 1 saturated heterocycles. The van der Waals surface area contributed by atoms with E-state index >= 15 is 0 Å². The van der Waals surface area contributed by atoms with E-state index in [1.807, 2.05) is 6.07 Å². The van der Waals surface area contributed by atoms with Crippen molar-refractivity contribution in [1.29, 1.82) is 5.26 Å². The number of rotatable bonds is 6. The number of aromatic nitrogens is 1. The second-order valence-corrected chi connectivity index (χ2v) is 11.6. The van der Waals surface area contributed by atoms with Crippen molar-refractivity contribution in [2.75, 3.05) is 21.8 Å². The van der Waals surface area contributed by atoms with Gasteiger partial charge in [-0.25, -0.2) is 27.2 Å². The van der Waals surface area contributed by atoms with E-state index in [9.17, 15) is 32.0 Å². The minimum absolute atomic E-state index is 0.00796. The zero-order valence-corrected chi connectivity index (χ0v) is 21.2. The van der Waals surface area contributed by atoms with E-state index in [1.165, 1.54) is 30.5 Å². The Hall–Kier alpha value is -3.63. The summed E-state index contributed by atoms with van der Waals surface area (Å²) in [7, 11) is -3.26. The predicted molar refractivity (Wildman–Crippen MR) is 133 cm³/mol. The van der Waals surface area contributed by atoms with Crippen LogP contribution in [0.3, 0.4) is 0 Å². The highest BCUT2D eigenvalue weighted by atomic mass is 35.5. The summed E-state index contributed by atoms with van der Waals surface area (Å²) in [6, 6.07) is 6.40. The van der Waals surface area contributed by atoms with Crippen LogP contribution in [-0.4, -0.2) is 60.4 Å². The first-order valence-corrected chi connectivity index (χ1v) is 13.2. The maximum atomic E-state index is 13.5. The van der Waals surface area contributed by atoms with Crippen LogP contribution < -0.4 is 15.6 Å². The van der Waals surface area contributed by atoms with Crippen LogP contribution in [0.15, 0.2) is 35.6 Å². The van der Waals surface area contributed by atoms with E-state index in [0.29, 0.717) is 5.56 Å². The van der Waals surface area contributed by atoms with E-state index in [2.05, 4.69) is 20.7 Å². The van der Waals surface area contributed by atoms with Gasteiger partial charge in [0.15, 0.2) is 15.7 Å². The molecule has 1 unspecified atom stereocenters. The number of amides is 2. The van der Waals surface area contributed by atoms with Crippen LogP contribution in [0, 0.1) is 18.3 Å². The number of carbonyl (C=O) groups excluding carboxylic acids is 2. The van der Waals surface area contributed by atoms with Gasteiger partial charge in [-0.15, -0.1) is 0 Å². The monoisotopic (exact) mass is 550 g/mol. The second kappa shape index (κ2) is 9.68. The van der Waals surface area contributed by atoms with Crippen molar-refractivity contribution in [2.24, 2.45) is 5.10 Å². The third kappa shape index (κ3) is 5.40. The summed E-state index contributed by atoms with van der Waals surface area (Å²) in [5.41, 5.74) is -1.07. The van der Waals surface area contributed by atoms with Gasteiger partial charge in [0.1, 0.15) is 11.8 Å². The van der Waals surface area contributed by atoms with Gasteiger partial charge in [0.25, 0.3) is 12.3 Å². The maximum Gasteiger partial charge on any atom is 0.278 e. The number of hydrogen-bond acceptors (Lipinski definition) is 8. The molecule has 2 aliphatic heterocycles. The van der Waals surface area contributed by atoms with Gasteiger partial charge in [-0.2, -0.15) is 10.4 Å². The Morgan fingerprint density at radius 2 is 2.03 bits per heavy atom. The quantitative estimate of drug-likeness (QED) is 0.562. The Bertz CT molecular complexity index is 1460. The first-order chi connectivity index (χ1) is 17.3. The summed E-state index contributed by atoms with van der Waals surface area (Å²) in [6.45, 7) is 3.13. The number of nitrogens with zero attached hydrogens (tertiary/aromatic N) is 4. The van der Waals surface area contributed by atoms with Crippen LogP contribution in [0.5, 0.6) is 0 Å². The molecule has 37 heavy (non-hydrogen) atoms. The summed E-state index contributed by atoms with van der Waals surface area (Å²) in [5, 5.41) is 19.6. The Morgan fingerprint density at radius 1 is 1.32 bits per heavy atom. The van der Waals surface area contributed by atoms with Crippen LogP contribution in [0.2, 0.25) is 5.02 Å². The minimum Gasteiger partial charge on any atom is -0.345 e. The zero-order chi connectivity index (χ0) is 27.1. The van der Waals surface area contributed by atoms with Gasteiger partial charge < -0.3 is 10.6 Å². The van der Waals surface area contributed by atoms with E-state index in [0.717, 1.165) is 5.01 Å². The topological polar surface area (TPSA) is 145 Å². The summed E-state index contributed by atoms with van der Waals surface area (Å²) in [5.74, 6) is -1.96. The van der Waals surface area contributed by atoms with E-state index in [1.54, 1.807) is 13.8 Å². The van der Waals surface area contributed by atoms with Crippen molar-refractivity contribution in [3.05, 3.63) is 52.2 Å². The number of nitriles is 1. The van der Waals surface area contributed by atoms with Gasteiger partial charge in [-0.3, -0.25) is 9.59 Å². The average Bonchev–Trinajstić information content (AvgIpc) is 3.24. The van der Waals surface area contributed by atoms with E-state index in [-0.39, 0.29) is 39.2 Å². The Balaban J connectivity index is 1.66. The van der Waals surface area contributed by atoms with Gasteiger partial charge in [0.05, 0.1) is 45.0 Å². The molecule has 0 aliphatic carbocycles. The molecule has 1 aromatic heterocycles. The minimum atomic E-state index is -3.26. The number of alkyl halides is 2. The normalized spacial score (nSPS) is 19.5. The number of sulfone groups is 1. The zero-order valence-electron chi connectivity index (χ0n) is 19.6. The lowest BCUT2D eigenvalue weighted by atomic mass is 10.00. The molecule has 1 fully saturated rings. The largest absolute Gasteiger partial charge is 0.345 e. The van der Waals surface area contributed by atoms with Gasteiger partial charge in [-0.1, -0.05) is 11.6 Å². The first-order valence-electron chi connectivity index (χ1n) is 11.0. The lowest BCUT2D eigenvalue weighted by molar-refractivity contribution is -0.117. The molecule has 0 spiro atoms. The van der Waals surface area contributed by atoms with Crippen molar-refractivity contribution in [1.82, 2.24) is 10.3 Å². The molecule has 0 radical (unpaired) electrons. The van der Waals surface area contributed by atoms with Gasteiger partial charge in [-0.05, 0) is 43.7 Å². The predicted octanol–water partition coefficient (Wildman–Crippen LogP) is 2.67. The molecular formula is C23H21ClF2N6O4S. The van der Waals surface area contributed by atoms with Gasteiger partial charge in [0, 0.05) is 12.6 Å². The molecule has 3 heterocycles. The van der Waals surface area contributed by atoms with Crippen LogP contribution in [0.4, 0.5) is 20.3 Å². The average molecular weight is 551 g/mol. The van der Waals surface area contributed by atoms with Crippen molar-refractivity contribution in [2.45, 2.75) is 38.3 Å². The van der Waals surface area contributed by atoms with Crippen LogP contribution >= 0.6 is 11.6 Å². The Labute approximate surface area is 216 Å². The summed E-state index contributed by atoms with van der Waals surface area (Å²) in [6.07, 6.45) is -1.95. The lowest BCUT2D eigenvalue weighted by Gasteiger charge is -2.38. The smallest absolute Gasteiger partial charge is 0.278 e. The number of carbonyl (C=O) groups is 2. The molecule has 1 aromatic carbocycles. The fourth-order valence-corrected chi connectivity index (χ4v) is 6.57. The number of benzene rings is 1. The molecule has 2 aromatic rings. The highest BCUT2D eigenvalue weighted by Crippen LogP contribution is 2.32. The van der Waals surface area contributed by atoms with Crippen molar-refractivity contribution in [3.8, 4) is 6.07 Å². The molecule has 14 heteroatoms. The number of hydrogen-bond donors (Lipinski definition) is 2. The molecule has 1 atom stereocenters. The summed E-state index contributed by atoms with van der Waals surface area (Å²) in [4.78, 5) is 30.6. The molecule has 2 amide bonds. The molecule has 2 aliphatic rings. The highest BCUT2D eigenvalue weighted by molar-refractivity contribution is 7.93. The standard InChI is InChI=1S/C23H21ClF2N6O4S/c1-12-6-13(9-27)7-14(21(33)30-23(2)10-37(35,36)11-23)18(12)29-22(34)17-8-16(19(25)26)31-32(17)20-15(24)4-3-5-28-20/h3-7,17,19H,8,10-11H2,1-2H3,(H,29,34)(H,30,33). The number of aryl methyl sites for hydroxylation is 1. The van der Waals surface area contributed by atoms with Crippen LogP contribution in [0.1, 0.15) is 34.8 Å². The van der Waals surface area contributed by atoms with E-state index < -0.39 is 51.8 Å². The number of anilines is 2. The first kappa shape index (κ1) is 26.4. The molecule has 194 valence electrons. The van der Waals surface area contributed by atoms with Crippen LogP contribution in [0.25, 0.3) is 0 Å². The number of pyridine rings is 1. The third-order valence-electron chi connectivity index (χ3n) is 5.89. The highest BCUT2D eigenvalue weighted by Gasteiger charge is 2.46. The molecule has 0 saturated carbocycles. The van der Waals surface area contributed by atoms with Gasteiger partial charge >= 0.3 is 0 Å². The van der Waals surface area contributed by atoms with E-state index in [4.69, 9.17) is 11.6 Å². The maximum absolute atomic E-state index is 13.5.